The van der Waals surface area contributed by atoms with Crippen LogP contribution in [0.15, 0.2) is 17.3 Å². The van der Waals surface area contributed by atoms with Crippen LogP contribution in [-0.2, 0) is 10.0 Å². The van der Waals surface area contributed by atoms with E-state index in [1.165, 1.54) is 23.7 Å². The Bertz CT molecular complexity index is 416. The zero-order valence-corrected chi connectivity index (χ0v) is 9.32. The van der Waals surface area contributed by atoms with Gasteiger partial charge in [0, 0.05) is 13.6 Å². The predicted molar refractivity (Wildman–Crippen MR) is 55.3 cm³/mol. The van der Waals surface area contributed by atoms with Gasteiger partial charge in [-0.1, -0.05) is 6.92 Å². The molecule has 0 aliphatic rings. The third-order valence-electron chi connectivity index (χ3n) is 1.91. The fourth-order valence-electron chi connectivity index (χ4n) is 0.874. The maximum absolute atomic E-state index is 11.8. The lowest BCUT2D eigenvalue weighted by molar-refractivity contribution is 0.485. The van der Waals surface area contributed by atoms with Gasteiger partial charge in [0.15, 0.2) is 0 Å². The number of nitrogens with one attached hydrogen (secondary N) is 1. The summed E-state index contributed by atoms with van der Waals surface area (Å²) in [4.78, 5) is 7.50. The molecule has 1 aromatic heterocycles. The Hall–Kier alpha value is -1.25. The number of aromatic nitrogens is 2. The smallest absolute Gasteiger partial charge is 0.245 e. The average Bonchev–Trinajstić information content (AvgIpc) is 2.28. The van der Waals surface area contributed by atoms with E-state index in [0.717, 1.165) is 0 Å². The number of nitrogen functional groups attached to an aromatic ring is 1. The van der Waals surface area contributed by atoms with E-state index in [1.807, 2.05) is 0 Å². The number of hydrogen-bond acceptors (Lipinski definition) is 6. The SMILES string of the molecule is CCN(C)S(=O)(=O)c1cnc(NN)nc1. The minimum atomic E-state index is -3.47. The molecule has 15 heavy (non-hydrogen) atoms. The van der Waals surface area contributed by atoms with Crippen molar-refractivity contribution < 1.29 is 8.42 Å². The number of hydrogen-bond donors (Lipinski definition) is 2. The van der Waals surface area contributed by atoms with Gasteiger partial charge in [0.2, 0.25) is 16.0 Å². The van der Waals surface area contributed by atoms with Gasteiger partial charge in [-0.05, 0) is 0 Å². The van der Waals surface area contributed by atoms with Crippen LogP contribution in [0.25, 0.3) is 0 Å². The molecule has 0 spiro atoms. The summed E-state index contributed by atoms with van der Waals surface area (Å²) in [7, 11) is -1.98. The van der Waals surface area contributed by atoms with E-state index < -0.39 is 10.0 Å². The highest BCUT2D eigenvalue weighted by Crippen LogP contribution is 2.11. The second-order valence-corrected chi connectivity index (χ2v) is 4.85. The van der Waals surface area contributed by atoms with Crippen molar-refractivity contribution in [3.63, 3.8) is 0 Å². The Morgan fingerprint density at radius 3 is 2.40 bits per heavy atom. The fraction of sp³-hybridized carbons (Fsp3) is 0.429. The van der Waals surface area contributed by atoms with Gasteiger partial charge < -0.3 is 0 Å². The van der Waals surface area contributed by atoms with Crippen LogP contribution >= 0.6 is 0 Å². The van der Waals surface area contributed by atoms with Gasteiger partial charge in [-0.2, -0.15) is 0 Å². The van der Waals surface area contributed by atoms with Crippen LogP contribution < -0.4 is 11.3 Å². The van der Waals surface area contributed by atoms with Crippen molar-refractivity contribution in [1.82, 2.24) is 14.3 Å². The topological polar surface area (TPSA) is 101 Å². The third-order valence-corrected chi connectivity index (χ3v) is 3.80. The molecule has 0 aromatic carbocycles. The van der Waals surface area contributed by atoms with Crippen molar-refractivity contribution in [1.29, 1.82) is 0 Å². The molecule has 3 N–H and O–H groups in total. The van der Waals surface area contributed by atoms with Gasteiger partial charge in [-0.3, -0.25) is 5.43 Å². The number of nitrogens with two attached hydrogens (primary N) is 1. The maximum atomic E-state index is 11.8. The molecule has 0 aliphatic heterocycles. The largest absolute Gasteiger partial charge is 0.292 e. The Morgan fingerprint density at radius 1 is 1.47 bits per heavy atom. The lowest BCUT2D eigenvalue weighted by atomic mass is 10.7. The van der Waals surface area contributed by atoms with E-state index in [1.54, 1.807) is 6.92 Å². The Morgan fingerprint density at radius 2 is 2.00 bits per heavy atom. The maximum Gasteiger partial charge on any atom is 0.245 e. The summed E-state index contributed by atoms with van der Waals surface area (Å²) < 4.78 is 24.7. The van der Waals surface area contributed by atoms with Gasteiger partial charge in [0.05, 0.1) is 12.4 Å². The van der Waals surface area contributed by atoms with Crippen LogP contribution in [0.3, 0.4) is 0 Å². The summed E-state index contributed by atoms with van der Waals surface area (Å²) in [5, 5.41) is 0. The van der Waals surface area contributed by atoms with E-state index >= 15 is 0 Å². The molecule has 0 amide bonds. The zero-order valence-electron chi connectivity index (χ0n) is 8.51. The Labute approximate surface area is 88.3 Å². The molecule has 0 radical (unpaired) electrons. The number of anilines is 1. The molecular weight excluding hydrogens is 218 g/mol. The highest BCUT2D eigenvalue weighted by molar-refractivity contribution is 7.89. The minimum Gasteiger partial charge on any atom is -0.292 e. The molecule has 7 nitrogen and oxygen atoms in total. The molecule has 0 saturated carbocycles. The quantitative estimate of drug-likeness (QED) is 0.530. The van der Waals surface area contributed by atoms with Crippen molar-refractivity contribution in [2.24, 2.45) is 5.84 Å². The van der Waals surface area contributed by atoms with Gasteiger partial charge in [-0.15, -0.1) is 0 Å². The summed E-state index contributed by atoms with van der Waals surface area (Å²) in [6.07, 6.45) is 2.42. The van der Waals surface area contributed by atoms with Gasteiger partial charge >= 0.3 is 0 Å². The van der Waals surface area contributed by atoms with Crippen molar-refractivity contribution in [2.75, 3.05) is 19.0 Å². The summed E-state index contributed by atoms with van der Waals surface area (Å²) in [5.74, 6) is 5.23. The molecule has 1 heterocycles. The van der Waals surface area contributed by atoms with E-state index in [-0.39, 0.29) is 10.8 Å². The molecular formula is C7H13N5O2S. The molecule has 0 saturated heterocycles. The van der Waals surface area contributed by atoms with Gasteiger partial charge in [-0.25, -0.2) is 28.5 Å². The zero-order chi connectivity index (χ0) is 11.5. The molecule has 0 fully saturated rings. The molecule has 0 aliphatic carbocycles. The summed E-state index contributed by atoms with van der Waals surface area (Å²) in [6.45, 7) is 2.13. The first-order valence-corrected chi connectivity index (χ1v) is 5.71. The molecule has 1 rings (SSSR count). The first-order valence-electron chi connectivity index (χ1n) is 4.27. The number of sulfonamides is 1. The van der Waals surface area contributed by atoms with Crippen LogP contribution in [0.2, 0.25) is 0 Å². The van der Waals surface area contributed by atoms with Crippen LogP contribution in [0.5, 0.6) is 0 Å². The van der Waals surface area contributed by atoms with Crippen LogP contribution in [0, 0.1) is 0 Å². The lowest BCUT2D eigenvalue weighted by Gasteiger charge is -2.13. The Kier molecular flexibility index (Phi) is 3.56. The van der Waals surface area contributed by atoms with E-state index in [4.69, 9.17) is 5.84 Å². The van der Waals surface area contributed by atoms with Crippen molar-refractivity contribution in [3.8, 4) is 0 Å². The number of nitrogens with zero attached hydrogens (tertiary/aromatic N) is 3. The first kappa shape index (κ1) is 11.8. The summed E-state index contributed by atoms with van der Waals surface area (Å²) in [6, 6.07) is 0. The van der Waals surface area contributed by atoms with Crippen LogP contribution in [0.1, 0.15) is 6.92 Å². The molecule has 8 heteroatoms. The molecule has 1 aromatic rings. The fourth-order valence-corrected chi connectivity index (χ4v) is 1.95. The van der Waals surface area contributed by atoms with E-state index in [9.17, 15) is 8.42 Å². The predicted octanol–water partition coefficient (Wildman–Crippen LogP) is -0.597. The Balaban J connectivity index is 3.06. The van der Waals surface area contributed by atoms with Crippen molar-refractivity contribution >= 4 is 16.0 Å². The summed E-state index contributed by atoms with van der Waals surface area (Å²) in [5.41, 5.74) is 2.22. The second kappa shape index (κ2) is 4.51. The number of hydrazine groups is 1. The highest BCUT2D eigenvalue weighted by Gasteiger charge is 2.19. The molecule has 0 unspecified atom stereocenters. The summed E-state index contributed by atoms with van der Waals surface area (Å²) >= 11 is 0. The lowest BCUT2D eigenvalue weighted by Crippen LogP contribution is -2.26. The van der Waals surface area contributed by atoms with Gasteiger partial charge in [0.25, 0.3) is 0 Å². The highest BCUT2D eigenvalue weighted by atomic mass is 32.2. The normalized spacial score (nSPS) is 11.7. The average molecular weight is 231 g/mol. The molecule has 84 valence electrons. The molecule has 0 atom stereocenters. The van der Waals surface area contributed by atoms with E-state index in [0.29, 0.717) is 6.54 Å². The van der Waals surface area contributed by atoms with Crippen LogP contribution in [-0.4, -0.2) is 36.3 Å². The second-order valence-electron chi connectivity index (χ2n) is 2.81. The standard InChI is InChI=1S/C7H13N5O2S/c1-3-12(2)15(13,14)6-4-9-7(11-8)10-5-6/h4-5H,3,8H2,1-2H3,(H,9,10,11). The monoisotopic (exact) mass is 231 g/mol. The molecule has 0 bridgehead atoms. The van der Waals surface area contributed by atoms with Crippen LogP contribution in [0.4, 0.5) is 5.95 Å². The van der Waals surface area contributed by atoms with Crippen molar-refractivity contribution in [2.45, 2.75) is 11.8 Å². The first-order chi connectivity index (χ1) is 7.02. The van der Waals surface area contributed by atoms with Gasteiger partial charge in [0.1, 0.15) is 4.90 Å². The van der Waals surface area contributed by atoms with Crippen molar-refractivity contribution in [3.05, 3.63) is 12.4 Å². The van der Waals surface area contributed by atoms with E-state index in [2.05, 4.69) is 15.4 Å². The minimum absolute atomic E-state index is 0.0471. The number of rotatable bonds is 4. The third kappa shape index (κ3) is 2.41.